The molecule has 1 aromatic carbocycles. The van der Waals surface area contributed by atoms with Crippen molar-refractivity contribution in [2.75, 3.05) is 25.1 Å². The summed E-state index contributed by atoms with van der Waals surface area (Å²) >= 11 is 0. The minimum atomic E-state index is -0.0625. The van der Waals surface area contributed by atoms with E-state index in [1.54, 1.807) is 0 Å². The molecule has 1 aromatic rings. The second kappa shape index (κ2) is 5.38. The van der Waals surface area contributed by atoms with E-state index in [0.717, 1.165) is 19.4 Å². The Morgan fingerprint density at radius 1 is 1.45 bits per heavy atom. The van der Waals surface area contributed by atoms with Crippen LogP contribution in [0.25, 0.3) is 0 Å². The first-order valence-electron chi connectivity index (χ1n) is 7.83. The number of nitrogens with one attached hydrogen (secondary N) is 1. The van der Waals surface area contributed by atoms with Crippen molar-refractivity contribution in [1.29, 1.82) is 0 Å². The molecule has 1 aliphatic heterocycles. The number of hydrogen-bond acceptors (Lipinski definition) is 3. The molecule has 0 spiro atoms. The van der Waals surface area contributed by atoms with Crippen molar-refractivity contribution in [1.82, 2.24) is 5.32 Å². The molecule has 0 amide bonds. The number of rotatable bonds is 3. The average Bonchev–Trinajstić information content (AvgIpc) is 2.91. The first-order chi connectivity index (χ1) is 9.67. The van der Waals surface area contributed by atoms with Crippen molar-refractivity contribution in [2.45, 2.75) is 50.6 Å². The number of aliphatic hydroxyl groups is 1. The lowest BCUT2D eigenvalue weighted by Gasteiger charge is -2.37. The van der Waals surface area contributed by atoms with Gasteiger partial charge in [0, 0.05) is 23.8 Å². The molecule has 2 atom stereocenters. The van der Waals surface area contributed by atoms with Crippen LogP contribution in [0.3, 0.4) is 0 Å². The van der Waals surface area contributed by atoms with Gasteiger partial charge in [-0.25, -0.2) is 0 Å². The van der Waals surface area contributed by atoms with Crippen molar-refractivity contribution < 1.29 is 5.11 Å². The van der Waals surface area contributed by atoms with Crippen molar-refractivity contribution >= 4 is 5.69 Å². The van der Waals surface area contributed by atoms with Gasteiger partial charge in [-0.2, -0.15) is 0 Å². The van der Waals surface area contributed by atoms with Gasteiger partial charge in [-0.15, -0.1) is 0 Å². The van der Waals surface area contributed by atoms with E-state index in [0.29, 0.717) is 6.04 Å². The monoisotopic (exact) mass is 274 g/mol. The van der Waals surface area contributed by atoms with E-state index in [-0.39, 0.29) is 12.1 Å². The minimum Gasteiger partial charge on any atom is -0.394 e. The first-order valence-corrected chi connectivity index (χ1v) is 7.83. The van der Waals surface area contributed by atoms with Gasteiger partial charge in [-0.1, -0.05) is 17.7 Å². The maximum atomic E-state index is 9.68. The quantitative estimate of drug-likeness (QED) is 0.887. The molecule has 1 fully saturated rings. The van der Waals surface area contributed by atoms with E-state index >= 15 is 0 Å². The number of likely N-dealkylation sites (N-methyl/N-ethyl adjacent to an activating group) is 1. The number of nitrogens with zero attached hydrogens (tertiary/aromatic N) is 1. The zero-order chi connectivity index (χ0) is 14.2. The van der Waals surface area contributed by atoms with E-state index in [2.05, 4.69) is 35.3 Å². The van der Waals surface area contributed by atoms with Crippen LogP contribution in [0.4, 0.5) is 5.69 Å². The number of anilines is 1. The van der Waals surface area contributed by atoms with E-state index < -0.39 is 0 Å². The first kappa shape index (κ1) is 13.9. The van der Waals surface area contributed by atoms with E-state index in [4.69, 9.17) is 0 Å². The van der Waals surface area contributed by atoms with Gasteiger partial charge in [0.2, 0.25) is 0 Å². The molecule has 0 radical (unpaired) electrons. The SMILES string of the molecule is CNC1(CO)CCC(N2CCCc3cc(C)ccc32)C1. The van der Waals surface area contributed by atoms with Gasteiger partial charge < -0.3 is 15.3 Å². The normalized spacial score (nSPS) is 29.6. The van der Waals surface area contributed by atoms with Crippen molar-refractivity contribution in [3.8, 4) is 0 Å². The molecular formula is C17H26N2O. The number of aliphatic hydroxyl groups excluding tert-OH is 1. The summed E-state index contributed by atoms with van der Waals surface area (Å²) in [5, 5.41) is 13.0. The Morgan fingerprint density at radius 2 is 2.30 bits per heavy atom. The highest BCUT2D eigenvalue weighted by Crippen LogP contribution is 2.38. The molecule has 1 aliphatic carbocycles. The van der Waals surface area contributed by atoms with E-state index in [1.165, 1.54) is 36.1 Å². The second-order valence-corrected chi connectivity index (χ2v) is 6.51. The lowest BCUT2D eigenvalue weighted by molar-refractivity contribution is 0.171. The van der Waals surface area contributed by atoms with Gasteiger partial charge in [-0.05, 0) is 57.7 Å². The van der Waals surface area contributed by atoms with Crippen molar-refractivity contribution in [2.24, 2.45) is 0 Å². The summed E-state index contributed by atoms with van der Waals surface area (Å²) < 4.78 is 0. The van der Waals surface area contributed by atoms with Gasteiger partial charge in [0.05, 0.1) is 6.61 Å². The fourth-order valence-corrected chi connectivity index (χ4v) is 3.95. The summed E-state index contributed by atoms with van der Waals surface area (Å²) in [7, 11) is 1.98. The summed E-state index contributed by atoms with van der Waals surface area (Å²) in [6.07, 6.45) is 5.75. The maximum Gasteiger partial charge on any atom is 0.0614 e. The molecule has 20 heavy (non-hydrogen) atoms. The highest BCUT2D eigenvalue weighted by Gasteiger charge is 2.40. The number of benzene rings is 1. The Balaban J connectivity index is 1.83. The topological polar surface area (TPSA) is 35.5 Å². The Bertz CT molecular complexity index is 482. The molecule has 2 unspecified atom stereocenters. The van der Waals surface area contributed by atoms with Crippen molar-refractivity contribution in [3.05, 3.63) is 29.3 Å². The molecule has 110 valence electrons. The third kappa shape index (κ3) is 2.33. The zero-order valence-electron chi connectivity index (χ0n) is 12.7. The van der Waals surface area contributed by atoms with Crippen LogP contribution in [0.2, 0.25) is 0 Å². The van der Waals surface area contributed by atoms with Gasteiger partial charge in [0.15, 0.2) is 0 Å². The Kier molecular flexibility index (Phi) is 3.74. The van der Waals surface area contributed by atoms with Crippen LogP contribution < -0.4 is 10.2 Å². The van der Waals surface area contributed by atoms with Gasteiger partial charge in [0.1, 0.15) is 0 Å². The largest absolute Gasteiger partial charge is 0.394 e. The van der Waals surface area contributed by atoms with Crippen LogP contribution >= 0.6 is 0 Å². The second-order valence-electron chi connectivity index (χ2n) is 6.51. The summed E-state index contributed by atoms with van der Waals surface area (Å²) in [5.41, 5.74) is 4.23. The predicted octanol–water partition coefficient (Wildman–Crippen LogP) is 2.25. The van der Waals surface area contributed by atoms with Crippen molar-refractivity contribution in [3.63, 3.8) is 0 Å². The molecule has 2 aliphatic rings. The smallest absolute Gasteiger partial charge is 0.0614 e. The highest BCUT2D eigenvalue weighted by molar-refractivity contribution is 5.57. The predicted molar refractivity (Wildman–Crippen MR) is 83.4 cm³/mol. The summed E-state index contributed by atoms with van der Waals surface area (Å²) in [6.45, 7) is 3.58. The third-order valence-electron chi connectivity index (χ3n) is 5.25. The molecule has 3 nitrogen and oxygen atoms in total. The molecule has 3 rings (SSSR count). The molecular weight excluding hydrogens is 248 g/mol. The highest BCUT2D eigenvalue weighted by atomic mass is 16.3. The minimum absolute atomic E-state index is 0.0625. The summed E-state index contributed by atoms with van der Waals surface area (Å²) in [6, 6.07) is 7.43. The molecule has 3 heteroatoms. The summed E-state index contributed by atoms with van der Waals surface area (Å²) in [5.74, 6) is 0. The van der Waals surface area contributed by atoms with Crippen LogP contribution in [-0.4, -0.2) is 36.9 Å². The Morgan fingerprint density at radius 3 is 3.00 bits per heavy atom. The molecule has 0 bridgehead atoms. The van der Waals surface area contributed by atoms with Crippen LogP contribution in [0, 0.1) is 6.92 Å². The fraction of sp³-hybridized carbons (Fsp3) is 0.647. The third-order valence-corrected chi connectivity index (χ3v) is 5.25. The lowest BCUT2D eigenvalue weighted by Crippen LogP contribution is -2.46. The van der Waals surface area contributed by atoms with Gasteiger partial charge in [0.25, 0.3) is 0 Å². The van der Waals surface area contributed by atoms with Gasteiger partial charge >= 0.3 is 0 Å². The van der Waals surface area contributed by atoms with E-state index in [1.807, 2.05) is 7.05 Å². The number of aryl methyl sites for hydroxylation is 2. The average molecular weight is 274 g/mol. The lowest BCUT2D eigenvalue weighted by atomic mass is 9.96. The molecule has 0 saturated heterocycles. The standard InChI is InChI=1S/C17H26N2O/c1-13-5-6-16-14(10-13)4-3-9-19(16)15-7-8-17(11-15,12-20)18-2/h5-6,10,15,18,20H,3-4,7-9,11-12H2,1-2H3. The van der Waals surface area contributed by atoms with Crippen LogP contribution in [0.15, 0.2) is 18.2 Å². The number of hydrogen-bond donors (Lipinski definition) is 2. The molecule has 1 saturated carbocycles. The zero-order valence-corrected chi connectivity index (χ0v) is 12.7. The van der Waals surface area contributed by atoms with Crippen LogP contribution in [0.5, 0.6) is 0 Å². The van der Waals surface area contributed by atoms with Crippen LogP contribution in [-0.2, 0) is 6.42 Å². The Hall–Kier alpha value is -1.06. The van der Waals surface area contributed by atoms with E-state index in [9.17, 15) is 5.11 Å². The molecule has 0 aromatic heterocycles. The van der Waals surface area contributed by atoms with Gasteiger partial charge in [-0.3, -0.25) is 0 Å². The number of fused-ring (bicyclic) bond motifs is 1. The molecule has 2 N–H and O–H groups in total. The van der Waals surface area contributed by atoms with Crippen LogP contribution in [0.1, 0.15) is 36.8 Å². The maximum absolute atomic E-state index is 9.68. The summed E-state index contributed by atoms with van der Waals surface area (Å²) in [4.78, 5) is 2.59. The fourth-order valence-electron chi connectivity index (χ4n) is 3.95. The Labute approximate surface area is 122 Å². The molecule has 1 heterocycles.